The van der Waals surface area contributed by atoms with E-state index in [0.29, 0.717) is 0 Å². The summed E-state index contributed by atoms with van der Waals surface area (Å²) in [6, 6.07) is 0. The first-order chi connectivity index (χ1) is 3.50. The molecule has 1 radical (unpaired) electrons. The third kappa shape index (κ3) is 1.50. The predicted molar refractivity (Wildman–Crippen MR) is 30.9 cm³/mol. The van der Waals surface area contributed by atoms with E-state index in [2.05, 4.69) is 0 Å². The molecular formula is C5H11N2O. The van der Waals surface area contributed by atoms with E-state index in [1.807, 2.05) is 0 Å². The zero-order valence-corrected chi connectivity index (χ0v) is 5.19. The van der Waals surface area contributed by atoms with Crippen molar-refractivity contribution in [2.24, 2.45) is 11.1 Å². The van der Waals surface area contributed by atoms with Crippen molar-refractivity contribution in [3.63, 3.8) is 0 Å². The molecular weight excluding hydrogens is 104 g/mol. The van der Waals surface area contributed by atoms with Gasteiger partial charge in [0.2, 0.25) is 5.91 Å². The van der Waals surface area contributed by atoms with Gasteiger partial charge in [-0.15, -0.1) is 0 Å². The third-order valence-electron chi connectivity index (χ3n) is 1.11. The van der Waals surface area contributed by atoms with Crippen LogP contribution >= 0.6 is 0 Å². The van der Waals surface area contributed by atoms with Crippen LogP contribution in [-0.4, -0.2) is 12.5 Å². The molecule has 47 valence electrons. The number of hydrogen-bond donors (Lipinski definition) is 1. The molecule has 0 bridgehead atoms. The number of rotatable bonds is 2. The number of carbonyl (C=O) groups is 1. The van der Waals surface area contributed by atoms with Crippen molar-refractivity contribution in [2.45, 2.75) is 13.8 Å². The van der Waals surface area contributed by atoms with Crippen LogP contribution in [0.15, 0.2) is 0 Å². The number of amides is 1. The topological polar surface area (TPSA) is 66.9 Å². The summed E-state index contributed by atoms with van der Waals surface area (Å²) in [6.07, 6.45) is 0. The fourth-order valence-corrected chi connectivity index (χ4v) is 0.0871. The molecule has 0 fully saturated rings. The maximum Gasteiger partial charge on any atom is 0.224 e. The van der Waals surface area contributed by atoms with Crippen LogP contribution in [-0.2, 0) is 4.79 Å². The second kappa shape index (κ2) is 2.13. The van der Waals surface area contributed by atoms with Crippen LogP contribution in [0, 0.1) is 5.41 Å². The lowest BCUT2D eigenvalue weighted by atomic mass is 9.93. The maximum atomic E-state index is 10.4. The molecule has 0 spiro atoms. The van der Waals surface area contributed by atoms with E-state index >= 15 is 0 Å². The summed E-state index contributed by atoms with van der Waals surface area (Å²) in [4.78, 5) is 10.4. The van der Waals surface area contributed by atoms with Gasteiger partial charge in [-0.3, -0.25) is 10.5 Å². The van der Waals surface area contributed by atoms with Crippen molar-refractivity contribution in [1.29, 1.82) is 0 Å². The molecule has 1 amide bonds. The zero-order valence-electron chi connectivity index (χ0n) is 5.19. The highest BCUT2D eigenvalue weighted by Crippen LogP contribution is 2.10. The molecule has 0 unspecified atom stereocenters. The van der Waals surface area contributed by atoms with Gasteiger partial charge in [0, 0.05) is 6.54 Å². The van der Waals surface area contributed by atoms with E-state index in [0.717, 1.165) is 0 Å². The van der Waals surface area contributed by atoms with Crippen molar-refractivity contribution >= 4 is 5.91 Å². The van der Waals surface area contributed by atoms with E-state index in [1.165, 1.54) is 0 Å². The summed E-state index contributed by atoms with van der Waals surface area (Å²) in [5.41, 5.74) is 11.1. The Morgan fingerprint density at radius 1 is 1.75 bits per heavy atom. The minimum absolute atomic E-state index is 0.0579. The minimum atomic E-state index is -0.653. The standard InChI is InChI=1S/C5H11N2O/c1-5(2,3-6)4(7)8/h6H,3H2,1-2H3,(H2,7,8). The Hall–Kier alpha value is -0.570. The van der Waals surface area contributed by atoms with Crippen LogP contribution in [0.3, 0.4) is 0 Å². The van der Waals surface area contributed by atoms with Gasteiger partial charge >= 0.3 is 0 Å². The Morgan fingerprint density at radius 3 is 2.12 bits per heavy atom. The van der Waals surface area contributed by atoms with Gasteiger partial charge in [0.1, 0.15) is 0 Å². The number of nitrogens with two attached hydrogens (primary N) is 1. The minimum Gasteiger partial charge on any atom is -0.369 e. The fraction of sp³-hybridized carbons (Fsp3) is 0.800. The molecule has 0 aromatic carbocycles. The van der Waals surface area contributed by atoms with E-state index < -0.39 is 11.3 Å². The summed E-state index contributed by atoms with van der Waals surface area (Å²) in [5.74, 6) is -0.410. The smallest absolute Gasteiger partial charge is 0.224 e. The van der Waals surface area contributed by atoms with Crippen molar-refractivity contribution < 1.29 is 4.79 Å². The molecule has 3 nitrogen and oxygen atoms in total. The van der Waals surface area contributed by atoms with Crippen LogP contribution in [0.4, 0.5) is 0 Å². The highest BCUT2D eigenvalue weighted by atomic mass is 16.1. The van der Waals surface area contributed by atoms with Crippen molar-refractivity contribution in [1.82, 2.24) is 5.73 Å². The highest BCUT2D eigenvalue weighted by molar-refractivity contribution is 5.80. The molecule has 0 aliphatic carbocycles. The third-order valence-corrected chi connectivity index (χ3v) is 1.11. The zero-order chi connectivity index (χ0) is 6.78. The normalized spacial score (nSPS) is 11.4. The Balaban J connectivity index is 3.91. The molecule has 0 aromatic heterocycles. The summed E-state index contributed by atoms with van der Waals surface area (Å²) >= 11 is 0. The second-order valence-electron chi connectivity index (χ2n) is 2.42. The van der Waals surface area contributed by atoms with Crippen molar-refractivity contribution in [3.8, 4) is 0 Å². The van der Waals surface area contributed by atoms with E-state index in [4.69, 9.17) is 11.5 Å². The quantitative estimate of drug-likeness (QED) is 0.531. The molecule has 0 saturated heterocycles. The lowest BCUT2D eigenvalue weighted by Crippen LogP contribution is -2.34. The van der Waals surface area contributed by atoms with Gasteiger partial charge in [-0.25, -0.2) is 0 Å². The van der Waals surface area contributed by atoms with Crippen LogP contribution < -0.4 is 11.5 Å². The van der Waals surface area contributed by atoms with Gasteiger partial charge < -0.3 is 5.73 Å². The average molecular weight is 115 g/mol. The first-order valence-corrected chi connectivity index (χ1v) is 2.45. The van der Waals surface area contributed by atoms with Gasteiger partial charge in [-0.05, 0) is 13.8 Å². The largest absolute Gasteiger partial charge is 0.369 e. The monoisotopic (exact) mass is 115 g/mol. The Labute approximate surface area is 49.0 Å². The molecule has 3 N–H and O–H groups in total. The number of primary amides is 1. The molecule has 8 heavy (non-hydrogen) atoms. The van der Waals surface area contributed by atoms with Gasteiger partial charge in [0.15, 0.2) is 0 Å². The number of carbonyl (C=O) groups excluding carboxylic acids is 1. The lowest BCUT2D eigenvalue weighted by Gasteiger charge is -2.15. The first kappa shape index (κ1) is 7.43. The van der Waals surface area contributed by atoms with E-state index in [1.54, 1.807) is 13.8 Å². The summed E-state index contributed by atoms with van der Waals surface area (Å²) in [6.45, 7) is 3.37. The van der Waals surface area contributed by atoms with E-state index in [-0.39, 0.29) is 6.54 Å². The van der Waals surface area contributed by atoms with Crippen LogP contribution in [0.1, 0.15) is 13.8 Å². The van der Waals surface area contributed by atoms with Crippen molar-refractivity contribution in [2.75, 3.05) is 6.54 Å². The highest BCUT2D eigenvalue weighted by Gasteiger charge is 2.22. The molecule has 0 saturated carbocycles. The van der Waals surface area contributed by atoms with Crippen LogP contribution in [0.25, 0.3) is 0 Å². The Bertz CT molecular complexity index is 98.6. The molecule has 3 heteroatoms. The van der Waals surface area contributed by atoms with Gasteiger partial charge in [0.25, 0.3) is 0 Å². The summed E-state index contributed by atoms with van der Waals surface area (Å²) in [7, 11) is 0. The van der Waals surface area contributed by atoms with Gasteiger partial charge in [0.05, 0.1) is 5.41 Å². The van der Waals surface area contributed by atoms with E-state index in [9.17, 15) is 4.79 Å². The van der Waals surface area contributed by atoms with Gasteiger partial charge in [-0.1, -0.05) is 0 Å². The maximum absolute atomic E-state index is 10.4. The van der Waals surface area contributed by atoms with Gasteiger partial charge in [-0.2, -0.15) is 0 Å². The Kier molecular flexibility index (Phi) is 1.98. The molecule has 0 heterocycles. The van der Waals surface area contributed by atoms with Crippen LogP contribution in [0.2, 0.25) is 0 Å². The molecule has 0 aliphatic heterocycles. The predicted octanol–water partition coefficient (Wildman–Crippen LogP) is -0.219. The molecule has 0 aliphatic rings. The first-order valence-electron chi connectivity index (χ1n) is 2.45. The number of hydrogen-bond acceptors (Lipinski definition) is 1. The lowest BCUT2D eigenvalue weighted by molar-refractivity contribution is -0.125. The molecule has 0 rings (SSSR count). The molecule has 0 atom stereocenters. The Morgan fingerprint density at radius 2 is 2.12 bits per heavy atom. The van der Waals surface area contributed by atoms with Crippen molar-refractivity contribution in [3.05, 3.63) is 0 Å². The van der Waals surface area contributed by atoms with Crippen LogP contribution in [0.5, 0.6) is 0 Å². The number of nitrogens with one attached hydrogen (secondary N) is 1. The SMILES string of the molecule is CC(C)(C[NH])C(N)=O. The second-order valence-corrected chi connectivity index (χ2v) is 2.42. The molecule has 0 aromatic rings. The fourth-order valence-electron chi connectivity index (χ4n) is 0.0871. The summed E-state index contributed by atoms with van der Waals surface area (Å²) < 4.78 is 0. The average Bonchev–Trinajstić information content (AvgIpc) is 1.67. The summed E-state index contributed by atoms with van der Waals surface area (Å²) in [5, 5.41) is 0.